The number of anilines is 2. The Bertz CT molecular complexity index is 548. The van der Waals surface area contributed by atoms with Crippen LogP contribution in [0.3, 0.4) is 0 Å². The van der Waals surface area contributed by atoms with E-state index in [1.165, 1.54) is 0 Å². The molecule has 0 aromatic carbocycles. The van der Waals surface area contributed by atoms with Crippen LogP contribution in [0.25, 0.3) is 0 Å². The average Bonchev–Trinajstić information content (AvgIpc) is 2.75. The first-order valence-electron chi connectivity index (χ1n) is 6.40. The summed E-state index contributed by atoms with van der Waals surface area (Å²) in [5.41, 5.74) is 5.97. The molecule has 8 nitrogen and oxygen atoms in total. The second-order valence-electron chi connectivity index (χ2n) is 4.88. The van der Waals surface area contributed by atoms with E-state index in [0.717, 1.165) is 17.5 Å². The lowest BCUT2D eigenvalue weighted by molar-refractivity contribution is -0.137. The number of piperidine rings is 1. The van der Waals surface area contributed by atoms with Crippen molar-refractivity contribution < 1.29 is 15.0 Å². The van der Waals surface area contributed by atoms with Crippen LogP contribution in [0.4, 0.5) is 11.6 Å². The number of aliphatic hydroxyl groups excluding tert-OH is 1. The van der Waals surface area contributed by atoms with Crippen molar-refractivity contribution in [3.8, 4) is 6.07 Å². The largest absolute Gasteiger partial charge is 0.480 e. The second kappa shape index (κ2) is 5.79. The number of nitrogens with two attached hydrogens (primary N) is 1. The lowest BCUT2D eigenvalue weighted by Crippen LogP contribution is -2.37. The topological polar surface area (TPSA) is 128 Å². The summed E-state index contributed by atoms with van der Waals surface area (Å²) in [5, 5.41) is 31.4. The van der Waals surface area contributed by atoms with E-state index in [1.54, 1.807) is 0 Å². The molecule has 1 aromatic heterocycles. The molecule has 20 heavy (non-hydrogen) atoms. The van der Waals surface area contributed by atoms with Crippen LogP contribution in [0.2, 0.25) is 0 Å². The number of carboxylic acid groups (broad SMARTS) is 1. The van der Waals surface area contributed by atoms with Crippen molar-refractivity contribution in [3.05, 3.63) is 5.56 Å². The Hall–Kier alpha value is -2.27. The maximum atomic E-state index is 10.8. The van der Waals surface area contributed by atoms with Gasteiger partial charge in [0.1, 0.15) is 24.0 Å². The van der Waals surface area contributed by atoms with Gasteiger partial charge in [-0.2, -0.15) is 10.4 Å². The van der Waals surface area contributed by atoms with Crippen LogP contribution in [0.15, 0.2) is 0 Å². The van der Waals surface area contributed by atoms with Gasteiger partial charge in [0.15, 0.2) is 5.82 Å². The molecule has 1 fully saturated rings. The summed E-state index contributed by atoms with van der Waals surface area (Å²) in [5.74, 6) is -0.455. The van der Waals surface area contributed by atoms with Gasteiger partial charge < -0.3 is 20.8 Å². The fraction of sp³-hybridized carbons (Fsp3) is 0.583. The van der Waals surface area contributed by atoms with Crippen molar-refractivity contribution in [1.82, 2.24) is 9.78 Å². The van der Waals surface area contributed by atoms with Crippen LogP contribution in [-0.2, 0) is 11.3 Å². The third kappa shape index (κ3) is 2.67. The standard InChI is InChI=1S/C12H17N5O3/c13-4-9-11(14)17(6-10(19)20)15-12(9)16-3-1-2-8(5-16)7-18/h8,18H,1-3,5-7,14H2,(H,19,20). The van der Waals surface area contributed by atoms with Gasteiger partial charge in [-0.1, -0.05) is 0 Å². The minimum atomic E-state index is -1.07. The molecule has 0 aliphatic carbocycles. The highest BCUT2D eigenvalue weighted by Crippen LogP contribution is 2.28. The lowest BCUT2D eigenvalue weighted by Gasteiger charge is -2.32. The molecule has 1 aliphatic rings. The van der Waals surface area contributed by atoms with Crippen LogP contribution in [-0.4, -0.2) is 45.7 Å². The van der Waals surface area contributed by atoms with Crippen molar-refractivity contribution in [3.63, 3.8) is 0 Å². The van der Waals surface area contributed by atoms with Gasteiger partial charge in [-0.25, -0.2) is 4.68 Å². The molecule has 0 bridgehead atoms. The van der Waals surface area contributed by atoms with Gasteiger partial charge in [-0.3, -0.25) is 4.79 Å². The van der Waals surface area contributed by atoms with E-state index < -0.39 is 5.97 Å². The second-order valence-corrected chi connectivity index (χ2v) is 4.88. The van der Waals surface area contributed by atoms with E-state index >= 15 is 0 Å². The molecule has 1 saturated heterocycles. The normalized spacial score (nSPS) is 18.8. The van der Waals surface area contributed by atoms with Crippen LogP contribution < -0.4 is 10.6 Å². The predicted molar refractivity (Wildman–Crippen MR) is 71.0 cm³/mol. The zero-order chi connectivity index (χ0) is 14.7. The molecule has 1 aliphatic heterocycles. The van der Waals surface area contributed by atoms with E-state index in [-0.39, 0.29) is 30.5 Å². The number of aliphatic hydroxyl groups is 1. The Balaban J connectivity index is 2.31. The zero-order valence-corrected chi connectivity index (χ0v) is 11.0. The predicted octanol–water partition coefficient (Wildman–Crippen LogP) is -0.370. The molecule has 108 valence electrons. The smallest absolute Gasteiger partial charge is 0.325 e. The fourth-order valence-electron chi connectivity index (χ4n) is 2.45. The van der Waals surface area contributed by atoms with E-state index in [0.29, 0.717) is 18.9 Å². The highest BCUT2D eigenvalue weighted by atomic mass is 16.4. The Morgan fingerprint density at radius 1 is 1.60 bits per heavy atom. The highest BCUT2D eigenvalue weighted by Gasteiger charge is 2.26. The molecule has 1 aromatic rings. The van der Waals surface area contributed by atoms with Crippen LogP contribution in [0, 0.1) is 17.2 Å². The minimum Gasteiger partial charge on any atom is -0.480 e. The summed E-state index contributed by atoms with van der Waals surface area (Å²) in [4.78, 5) is 12.6. The third-order valence-electron chi connectivity index (χ3n) is 3.45. The van der Waals surface area contributed by atoms with Crippen LogP contribution >= 0.6 is 0 Å². The molecule has 2 rings (SSSR count). The first-order valence-corrected chi connectivity index (χ1v) is 6.40. The molecule has 0 spiro atoms. The molecule has 1 unspecified atom stereocenters. The van der Waals surface area contributed by atoms with Gasteiger partial charge in [-0.05, 0) is 18.8 Å². The van der Waals surface area contributed by atoms with E-state index in [9.17, 15) is 15.2 Å². The van der Waals surface area contributed by atoms with Crippen molar-refractivity contribution in [2.24, 2.45) is 5.92 Å². The first kappa shape index (κ1) is 14.1. The monoisotopic (exact) mass is 279 g/mol. The number of carbonyl (C=O) groups is 1. The van der Waals surface area contributed by atoms with Gasteiger partial charge in [0, 0.05) is 19.7 Å². The Labute approximate surface area is 116 Å². The molecule has 1 atom stereocenters. The molecule has 0 saturated carbocycles. The maximum Gasteiger partial charge on any atom is 0.325 e. The van der Waals surface area contributed by atoms with E-state index in [4.69, 9.17) is 10.8 Å². The van der Waals surface area contributed by atoms with Gasteiger partial charge in [0.05, 0.1) is 0 Å². The van der Waals surface area contributed by atoms with Gasteiger partial charge in [-0.15, -0.1) is 0 Å². The van der Waals surface area contributed by atoms with Crippen LogP contribution in [0.1, 0.15) is 18.4 Å². The summed E-state index contributed by atoms with van der Waals surface area (Å²) >= 11 is 0. The Kier molecular flexibility index (Phi) is 4.10. The lowest BCUT2D eigenvalue weighted by atomic mass is 9.99. The number of nitrogens with zero attached hydrogens (tertiary/aromatic N) is 4. The van der Waals surface area contributed by atoms with E-state index in [2.05, 4.69) is 5.10 Å². The number of hydrogen-bond acceptors (Lipinski definition) is 6. The van der Waals surface area contributed by atoms with Crippen molar-refractivity contribution >= 4 is 17.6 Å². The number of aromatic nitrogens is 2. The third-order valence-corrected chi connectivity index (χ3v) is 3.45. The number of nitriles is 1. The molecular formula is C12H17N5O3. The summed E-state index contributed by atoms with van der Waals surface area (Å²) in [7, 11) is 0. The van der Waals surface area contributed by atoms with Crippen molar-refractivity contribution in [2.45, 2.75) is 19.4 Å². The van der Waals surface area contributed by atoms with Crippen molar-refractivity contribution in [1.29, 1.82) is 5.26 Å². The number of hydrogen-bond donors (Lipinski definition) is 3. The summed E-state index contributed by atoms with van der Waals surface area (Å²) in [6.07, 6.45) is 1.82. The fourth-order valence-corrected chi connectivity index (χ4v) is 2.45. The van der Waals surface area contributed by atoms with E-state index in [1.807, 2.05) is 11.0 Å². The minimum absolute atomic E-state index is 0.0658. The molecule has 0 amide bonds. The van der Waals surface area contributed by atoms with Gasteiger partial charge in [0.2, 0.25) is 0 Å². The average molecular weight is 279 g/mol. The zero-order valence-electron chi connectivity index (χ0n) is 11.0. The Morgan fingerprint density at radius 2 is 2.35 bits per heavy atom. The van der Waals surface area contributed by atoms with Gasteiger partial charge in [0.25, 0.3) is 0 Å². The molecule has 4 N–H and O–H groups in total. The summed E-state index contributed by atoms with van der Waals surface area (Å²) in [6, 6.07) is 1.98. The molecule has 2 heterocycles. The highest BCUT2D eigenvalue weighted by molar-refractivity contribution is 5.70. The molecular weight excluding hydrogens is 262 g/mol. The van der Waals surface area contributed by atoms with Crippen molar-refractivity contribution in [2.75, 3.05) is 30.3 Å². The number of aliphatic carboxylic acids is 1. The first-order chi connectivity index (χ1) is 9.56. The maximum absolute atomic E-state index is 10.8. The quantitative estimate of drug-likeness (QED) is 0.685. The molecule has 8 heteroatoms. The molecule has 0 radical (unpaired) electrons. The number of rotatable bonds is 4. The summed E-state index contributed by atoms with van der Waals surface area (Å²) in [6.45, 7) is 1.02. The van der Waals surface area contributed by atoms with Crippen LogP contribution in [0.5, 0.6) is 0 Å². The number of carboxylic acids is 1. The van der Waals surface area contributed by atoms with Gasteiger partial charge >= 0.3 is 5.97 Å². The summed E-state index contributed by atoms with van der Waals surface area (Å²) < 4.78 is 1.12. The Morgan fingerprint density at radius 3 is 2.95 bits per heavy atom. The number of nitrogen functional groups attached to an aromatic ring is 1. The SMILES string of the molecule is N#Cc1c(N2CCCC(CO)C2)nn(CC(=O)O)c1N.